The summed E-state index contributed by atoms with van der Waals surface area (Å²) in [5.41, 5.74) is 2.78. The molecule has 0 spiro atoms. The van der Waals surface area contributed by atoms with Crippen molar-refractivity contribution in [2.75, 3.05) is 19.7 Å². The van der Waals surface area contributed by atoms with Crippen molar-refractivity contribution in [3.8, 4) is 0 Å². The van der Waals surface area contributed by atoms with Gasteiger partial charge in [0.15, 0.2) is 0 Å². The molecular formula is C18H26N2O5. The zero-order chi connectivity index (χ0) is 18.6. The summed E-state index contributed by atoms with van der Waals surface area (Å²) in [6, 6.07) is 3.38. The first kappa shape index (κ1) is 19.2. The Balaban J connectivity index is 2.15. The molecule has 1 aliphatic heterocycles. The smallest absolute Gasteiger partial charge is 0.407 e. The number of aliphatic hydroxyl groups is 1. The summed E-state index contributed by atoms with van der Waals surface area (Å²) in [4.78, 5) is 23.6. The van der Waals surface area contributed by atoms with Gasteiger partial charge in [0.25, 0.3) is 0 Å². The van der Waals surface area contributed by atoms with E-state index in [1.807, 2.05) is 13.0 Å². The van der Waals surface area contributed by atoms with Crippen LogP contribution in [0.2, 0.25) is 0 Å². The van der Waals surface area contributed by atoms with Crippen LogP contribution in [0.4, 0.5) is 4.79 Å². The Hall–Kier alpha value is -2.12. The first-order chi connectivity index (χ1) is 11.7. The molecule has 1 aromatic rings. The molecule has 1 unspecified atom stereocenters. The van der Waals surface area contributed by atoms with E-state index in [9.17, 15) is 9.59 Å². The van der Waals surface area contributed by atoms with E-state index in [1.165, 1.54) is 0 Å². The Bertz CT molecular complexity index is 652. The Morgan fingerprint density at radius 2 is 2.12 bits per heavy atom. The van der Waals surface area contributed by atoms with Crippen LogP contribution < -0.4 is 10.6 Å². The second-order valence-electron chi connectivity index (χ2n) is 7.00. The molecule has 0 radical (unpaired) electrons. The number of ether oxygens (including phenoxy) is 2. The second kappa shape index (κ2) is 7.84. The lowest BCUT2D eigenvalue weighted by molar-refractivity contribution is 0.0516. The fourth-order valence-electron chi connectivity index (χ4n) is 2.78. The molecule has 1 atom stereocenters. The van der Waals surface area contributed by atoms with Gasteiger partial charge in [0.1, 0.15) is 12.2 Å². The standard InChI is InChI=1S/C18H26N2O5/c1-11-12(5-6-13-14(11)10-24-16(13)22)15(19-7-8-21)9-20-17(23)25-18(2,3)4/h5-6,15,19,21H,7-10H2,1-4H3,(H,20,23). The van der Waals surface area contributed by atoms with Gasteiger partial charge < -0.3 is 25.2 Å². The molecule has 2 rings (SSSR count). The molecular weight excluding hydrogens is 324 g/mol. The first-order valence-electron chi connectivity index (χ1n) is 8.33. The van der Waals surface area contributed by atoms with Crippen LogP contribution in [0, 0.1) is 6.92 Å². The van der Waals surface area contributed by atoms with Crippen LogP contribution in [0.15, 0.2) is 12.1 Å². The number of carbonyl (C=O) groups excluding carboxylic acids is 2. The number of hydrogen-bond acceptors (Lipinski definition) is 6. The summed E-state index contributed by atoms with van der Waals surface area (Å²) in [6.45, 7) is 8.25. The third-order valence-corrected chi connectivity index (χ3v) is 3.94. The highest BCUT2D eigenvalue weighted by atomic mass is 16.6. The quantitative estimate of drug-likeness (QED) is 0.677. The average Bonchev–Trinajstić information content (AvgIpc) is 2.89. The maximum Gasteiger partial charge on any atom is 0.407 e. The molecule has 1 amide bonds. The Labute approximate surface area is 147 Å². The molecule has 138 valence electrons. The first-order valence-corrected chi connectivity index (χ1v) is 8.33. The predicted octanol–water partition coefficient (Wildman–Crippen LogP) is 1.81. The van der Waals surface area contributed by atoms with E-state index >= 15 is 0 Å². The maximum atomic E-state index is 11.9. The summed E-state index contributed by atoms with van der Waals surface area (Å²) < 4.78 is 10.3. The van der Waals surface area contributed by atoms with Crippen molar-refractivity contribution in [3.63, 3.8) is 0 Å². The fraction of sp³-hybridized carbons (Fsp3) is 0.556. The van der Waals surface area contributed by atoms with E-state index in [4.69, 9.17) is 14.6 Å². The number of nitrogens with one attached hydrogen (secondary N) is 2. The van der Waals surface area contributed by atoms with Gasteiger partial charge in [-0.25, -0.2) is 9.59 Å². The van der Waals surface area contributed by atoms with Gasteiger partial charge in [0.05, 0.1) is 18.2 Å². The number of amides is 1. The fourth-order valence-corrected chi connectivity index (χ4v) is 2.78. The Morgan fingerprint density at radius 3 is 2.76 bits per heavy atom. The van der Waals surface area contributed by atoms with Gasteiger partial charge in [-0.15, -0.1) is 0 Å². The topological polar surface area (TPSA) is 96.9 Å². The molecule has 1 aliphatic rings. The molecule has 1 heterocycles. The number of benzene rings is 1. The van der Waals surface area contributed by atoms with Gasteiger partial charge in [-0.05, 0) is 44.9 Å². The second-order valence-corrected chi connectivity index (χ2v) is 7.00. The van der Waals surface area contributed by atoms with Crippen molar-refractivity contribution in [2.24, 2.45) is 0 Å². The monoisotopic (exact) mass is 350 g/mol. The highest BCUT2D eigenvalue weighted by molar-refractivity contribution is 5.94. The zero-order valence-electron chi connectivity index (χ0n) is 15.1. The molecule has 0 saturated carbocycles. The van der Waals surface area contributed by atoms with E-state index < -0.39 is 11.7 Å². The largest absolute Gasteiger partial charge is 0.457 e. The lowest BCUT2D eigenvalue weighted by Crippen LogP contribution is -2.39. The van der Waals surface area contributed by atoms with Crippen molar-refractivity contribution >= 4 is 12.1 Å². The number of cyclic esters (lactones) is 1. The van der Waals surface area contributed by atoms with E-state index in [0.29, 0.717) is 18.7 Å². The lowest BCUT2D eigenvalue weighted by atomic mass is 9.94. The molecule has 7 heteroatoms. The SMILES string of the molecule is Cc1c(C(CNC(=O)OC(C)(C)C)NCCO)ccc2c1COC2=O. The van der Waals surface area contributed by atoms with Gasteiger partial charge in [-0.2, -0.15) is 0 Å². The number of alkyl carbamates (subject to hydrolysis) is 1. The third kappa shape index (κ3) is 4.93. The lowest BCUT2D eigenvalue weighted by Gasteiger charge is -2.24. The summed E-state index contributed by atoms with van der Waals surface area (Å²) in [7, 11) is 0. The minimum Gasteiger partial charge on any atom is -0.457 e. The number of carbonyl (C=O) groups is 2. The minimum atomic E-state index is -0.570. The van der Waals surface area contributed by atoms with Gasteiger partial charge in [-0.1, -0.05) is 6.07 Å². The van der Waals surface area contributed by atoms with E-state index in [0.717, 1.165) is 16.7 Å². The Kier molecular flexibility index (Phi) is 6.02. The molecule has 0 bridgehead atoms. The molecule has 1 aromatic carbocycles. The van der Waals surface area contributed by atoms with Gasteiger partial charge in [0, 0.05) is 18.7 Å². The number of esters is 1. The van der Waals surface area contributed by atoms with Crippen molar-refractivity contribution in [1.82, 2.24) is 10.6 Å². The number of rotatable bonds is 6. The van der Waals surface area contributed by atoms with Crippen LogP contribution in [-0.4, -0.2) is 42.5 Å². The van der Waals surface area contributed by atoms with Crippen LogP contribution in [0.5, 0.6) is 0 Å². The molecule has 3 N–H and O–H groups in total. The normalized spacial score (nSPS) is 14.7. The zero-order valence-corrected chi connectivity index (χ0v) is 15.1. The number of fused-ring (bicyclic) bond motifs is 1. The number of hydrogen-bond donors (Lipinski definition) is 3. The van der Waals surface area contributed by atoms with Crippen LogP contribution in [0.1, 0.15) is 53.9 Å². The summed E-state index contributed by atoms with van der Waals surface area (Å²) in [5.74, 6) is -0.309. The molecule has 0 fully saturated rings. The van der Waals surface area contributed by atoms with Gasteiger partial charge >= 0.3 is 12.1 Å². The van der Waals surface area contributed by atoms with Crippen molar-refractivity contribution in [2.45, 2.75) is 45.9 Å². The highest BCUT2D eigenvalue weighted by Crippen LogP contribution is 2.29. The summed E-state index contributed by atoms with van der Waals surface area (Å²) >= 11 is 0. The molecule has 7 nitrogen and oxygen atoms in total. The van der Waals surface area contributed by atoms with Gasteiger partial charge in [0.2, 0.25) is 0 Å². The summed E-state index contributed by atoms with van der Waals surface area (Å²) in [5, 5.41) is 15.1. The third-order valence-electron chi connectivity index (χ3n) is 3.94. The maximum absolute atomic E-state index is 11.9. The molecule has 0 aromatic heterocycles. The van der Waals surface area contributed by atoms with E-state index in [2.05, 4.69) is 10.6 Å². The minimum absolute atomic E-state index is 0.0193. The molecule has 0 aliphatic carbocycles. The van der Waals surface area contributed by atoms with Crippen LogP contribution in [-0.2, 0) is 16.1 Å². The van der Waals surface area contributed by atoms with Crippen LogP contribution in [0.3, 0.4) is 0 Å². The highest BCUT2D eigenvalue weighted by Gasteiger charge is 2.26. The van der Waals surface area contributed by atoms with Gasteiger partial charge in [-0.3, -0.25) is 0 Å². The Morgan fingerprint density at radius 1 is 1.40 bits per heavy atom. The van der Waals surface area contributed by atoms with Crippen LogP contribution >= 0.6 is 0 Å². The predicted molar refractivity (Wildman–Crippen MR) is 92.4 cm³/mol. The van der Waals surface area contributed by atoms with Crippen molar-refractivity contribution in [3.05, 3.63) is 34.4 Å². The summed E-state index contributed by atoms with van der Waals surface area (Å²) in [6.07, 6.45) is -0.499. The van der Waals surface area contributed by atoms with E-state index in [-0.39, 0.29) is 25.2 Å². The molecule has 0 saturated heterocycles. The average molecular weight is 350 g/mol. The van der Waals surface area contributed by atoms with Crippen molar-refractivity contribution in [1.29, 1.82) is 0 Å². The van der Waals surface area contributed by atoms with E-state index in [1.54, 1.807) is 26.8 Å². The molecule has 25 heavy (non-hydrogen) atoms. The number of aliphatic hydroxyl groups excluding tert-OH is 1. The van der Waals surface area contributed by atoms with Crippen LogP contribution in [0.25, 0.3) is 0 Å². The van der Waals surface area contributed by atoms with Crippen molar-refractivity contribution < 1.29 is 24.2 Å².